The molecule has 0 aliphatic rings. The Balaban J connectivity index is 0.000000202. The van der Waals surface area contributed by atoms with E-state index in [1.807, 2.05) is 32.5 Å². The molecule has 0 bridgehead atoms. The summed E-state index contributed by atoms with van der Waals surface area (Å²) in [7, 11) is 0. The van der Waals surface area contributed by atoms with Crippen LogP contribution in [0.2, 0.25) is 0 Å². The van der Waals surface area contributed by atoms with Crippen LogP contribution in [-0.4, -0.2) is 39.5 Å². The number of nitrogens with zero attached hydrogens (tertiary/aromatic N) is 8. The van der Waals surface area contributed by atoms with Crippen LogP contribution in [0.1, 0.15) is 62.3 Å². The molecule has 8 heteroatoms. The number of hydrogen-bond acceptors (Lipinski definition) is 5. The van der Waals surface area contributed by atoms with Crippen molar-refractivity contribution in [2.45, 2.75) is 78.9 Å². The summed E-state index contributed by atoms with van der Waals surface area (Å²) < 4.78 is 5.59. The van der Waals surface area contributed by atoms with Crippen molar-refractivity contribution in [1.82, 2.24) is 39.5 Å². The van der Waals surface area contributed by atoms with E-state index < -0.39 is 0 Å². The molecule has 0 N–H and O–H groups in total. The van der Waals surface area contributed by atoms with Gasteiger partial charge in [0.25, 0.3) is 0 Å². The molecule has 27 heavy (non-hydrogen) atoms. The molecule has 3 rings (SSSR count). The Bertz CT molecular complexity index is 616. The summed E-state index contributed by atoms with van der Waals surface area (Å²) >= 11 is 0. The lowest BCUT2D eigenvalue weighted by Crippen LogP contribution is -2.22. The van der Waals surface area contributed by atoms with Crippen LogP contribution in [0.25, 0.3) is 0 Å². The van der Waals surface area contributed by atoms with E-state index in [1.54, 1.807) is 25.0 Å². The number of rotatable bonds is 0. The standard InChI is InChI=1S/C7H12N2.2C6H11N3/c1-7(2,3)9-6-4-5-8-9;1-6(2,3)9-5-7-4-8-9;1-6(2,3)9-5-4-7-8-9/h4-6H,1-3H3;2*4-5H,1-3H3. The summed E-state index contributed by atoms with van der Waals surface area (Å²) in [6, 6.07) is 1.94. The van der Waals surface area contributed by atoms with Crippen LogP contribution in [0.15, 0.2) is 43.5 Å². The van der Waals surface area contributed by atoms with Crippen molar-refractivity contribution in [3.05, 3.63) is 43.5 Å². The van der Waals surface area contributed by atoms with Crippen molar-refractivity contribution in [2.24, 2.45) is 0 Å². The third-order valence-electron chi connectivity index (χ3n) is 3.41. The maximum absolute atomic E-state index is 4.10. The third kappa shape index (κ3) is 8.15. The minimum atomic E-state index is 0.0660. The van der Waals surface area contributed by atoms with Crippen LogP contribution >= 0.6 is 0 Å². The van der Waals surface area contributed by atoms with Gasteiger partial charge in [0.05, 0.1) is 22.8 Å². The van der Waals surface area contributed by atoms with E-state index >= 15 is 0 Å². The summed E-state index contributed by atoms with van der Waals surface area (Å²) in [5, 5.41) is 15.7. The molecule has 0 radical (unpaired) electrons. The summed E-state index contributed by atoms with van der Waals surface area (Å²) in [6.45, 7) is 18.9. The molecular formula is C19H34N8. The average Bonchev–Trinajstić information content (AvgIpc) is 3.28. The maximum Gasteiger partial charge on any atom is 0.137 e. The van der Waals surface area contributed by atoms with E-state index in [1.165, 1.54) is 0 Å². The Hall–Kier alpha value is -2.51. The summed E-state index contributed by atoms with van der Waals surface area (Å²) in [6.07, 6.45) is 10.6. The minimum Gasteiger partial charge on any atom is -0.268 e. The Labute approximate surface area is 162 Å². The molecule has 0 spiro atoms. The molecular weight excluding hydrogens is 340 g/mol. The quantitative estimate of drug-likeness (QED) is 0.599. The van der Waals surface area contributed by atoms with Crippen LogP contribution in [0.4, 0.5) is 0 Å². The maximum atomic E-state index is 4.10. The van der Waals surface area contributed by atoms with Gasteiger partial charge in [0.1, 0.15) is 12.7 Å². The van der Waals surface area contributed by atoms with E-state index in [0.29, 0.717) is 0 Å². The van der Waals surface area contributed by atoms with Gasteiger partial charge in [-0.2, -0.15) is 10.2 Å². The van der Waals surface area contributed by atoms with Gasteiger partial charge in [0.2, 0.25) is 0 Å². The van der Waals surface area contributed by atoms with Gasteiger partial charge in [-0.1, -0.05) is 5.21 Å². The molecule has 0 amide bonds. The predicted octanol–water partition coefficient (Wildman–Crippen LogP) is 3.70. The fourth-order valence-corrected chi connectivity index (χ4v) is 1.79. The van der Waals surface area contributed by atoms with Gasteiger partial charge in [0.15, 0.2) is 0 Å². The molecule has 3 aromatic rings. The van der Waals surface area contributed by atoms with Crippen molar-refractivity contribution in [3.63, 3.8) is 0 Å². The molecule has 0 unspecified atom stereocenters. The predicted molar refractivity (Wildman–Crippen MR) is 107 cm³/mol. The lowest BCUT2D eigenvalue weighted by molar-refractivity contribution is 0.347. The summed E-state index contributed by atoms with van der Waals surface area (Å²) in [5.41, 5.74) is 0.260. The van der Waals surface area contributed by atoms with Crippen molar-refractivity contribution in [1.29, 1.82) is 0 Å². The highest BCUT2D eigenvalue weighted by Gasteiger charge is 2.12. The van der Waals surface area contributed by atoms with Gasteiger partial charge in [-0.15, -0.1) is 5.10 Å². The van der Waals surface area contributed by atoms with Crippen LogP contribution in [0.5, 0.6) is 0 Å². The highest BCUT2D eigenvalue weighted by atomic mass is 15.4. The van der Waals surface area contributed by atoms with Gasteiger partial charge in [0, 0.05) is 18.6 Å². The van der Waals surface area contributed by atoms with Gasteiger partial charge < -0.3 is 0 Å². The molecule has 3 aromatic heterocycles. The Morgan fingerprint density at radius 2 is 1.22 bits per heavy atom. The molecule has 0 saturated heterocycles. The lowest BCUT2D eigenvalue weighted by atomic mass is 10.1. The van der Waals surface area contributed by atoms with Crippen molar-refractivity contribution >= 4 is 0 Å². The molecule has 0 aliphatic heterocycles. The molecule has 0 fully saturated rings. The van der Waals surface area contributed by atoms with Crippen LogP contribution in [0.3, 0.4) is 0 Å². The number of aromatic nitrogens is 8. The van der Waals surface area contributed by atoms with E-state index in [4.69, 9.17) is 0 Å². The monoisotopic (exact) mass is 374 g/mol. The van der Waals surface area contributed by atoms with Crippen molar-refractivity contribution in [3.8, 4) is 0 Å². The largest absolute Gasteiger partial charge is 0.268 e. The molecule has 8 nitrogen and oxygen atoms in total. The zero-order valence-corrected chi connectivity index (χ0v) is 18.1. The first-order valence-corrected chi connectivity index (χ1v) is 9.04. The molecule has 0 atom stereocenters. The second-order valence-corrected chi connectivity index (χ2v) is 9.15. The summed E-state index contributed by atoms with van der Waals surface area (Å²) in [5.74, 6) is 0. The van der Waals surface area contributed by atoms with Gasteiger partial charge in [-0.25, -0.2) is 14.3 Å². The lowest BCUT2D eigenvalue weighted by Gasteiger charge is -2.18. The molecule has 3 heterocycles. The Kier molecular flexibility index (Phi) is 7.45. The molecule has 0 saturated carbocycles. The van der Waals surface area contributed by atoms with E-state index in [2.05, 4.69) is 87.8 Å². The van der Waals surface area contributed by atoms with E-state index in [-0.39, 0.29) is 16.6 Å². The fourth-order valence-electron chi connectivity index (χ4n) is 1.79. The summed E-state index contributed by atoms with van der Waals surface area (Å²) in [4.78, 5) is 3.84. The second-order valence-electron chi connectivity index (χ2n) is 9.15. The minimum absolute atomic E-state index is 0.0660. The van der Waals surface area contributed by atoms with Gasteiger partial charge >= 0.3 is 0 Å². The zero-order valence-electron chi connectivity index (χ0n) is 18.1. The van der Waals surface area contributed by atoms with E-state index in [0.717, 1.165) is 0 Å². The number of hydrogen-bond donors (Lipinski definition) is 0. The third-order valence-corrected chi connectivity index (χ3v) is 3.41. The SMILES string of the molecule is CC(C)(C)n1cccn1.CC(C)(C)n1ccnn1.CC(C)(C)n1cncn1. The second kappa shape index (κ2) is 8.92. The smallest absolute Gasteiger partial charge is 0.137 e. The fraction of sp³-hybridized carbons (Fsp3) is 0.632. The van der Waals surface area contributed by atoms with E-state index in [9.17, 15) is 0 Å². The van der Waals surface area contributed by atoms with Crippen LogP contribution in [-0.2, 0) is 16.6 Å². The van der Waals surface area contributed by atoms with Gasteiger partial charge in [-0.05, 0) is 68.4 Å². The van der Waals surface area contributed by atoms with Crippen molar-refractivity contribution < 1.29 is 0 Å². The first kappa shape index (κ1) is 22.5. The normalized spacial score (nSPS) is 11.9. The molecule has 0 aromatic carbocycles. The topological polar surface area (TPSA) is 79.2 Å². The molecule has 150 valence electrons. The first-order valence-electron chi connectivity index (χ1n) is 9.04. The molecule has 0 aliphatic carbocycles. The highest BCUT2D eigenvalue weighted by Crippen LogP contribution is 2.10. The highest BCUT2D eigenvalue weighted by molar-refractivity contribution is 4.83. The van der Waals surface area contributed by atoms with Crippen LogP contribution < -0.4 is 0 Å². The Morgan fingerprint density at radius 1 is 0.630 bits per heavy atom. The average molecular weight is 375 g/mol. The first-order chi connectivity index (χ1) is 12.3. The zero-order chi connectivity index (χ0) is 20.7. The van der Waals surface area contributed by atoms with Gasteiger partial charge in [-0.3, -0.25) is 4.68 Å². The van der Waals surface area contributed by atoms with Crippen LogP contribution in [0, 0.1) is 0 Å². The Morgan fingerprint density at radius 3 is 1.44 bits per heavy atom. The van der Waals surface area contributed by atoms with Crippen molar-refractivity contribution in [2.75, 3.05) is 0 Å².